The lowest BCUT2D eigenvalue weighted by molar-refractivity contribution is 0.173. The van der Waals surface area contributed by atoms with Crippen molar-refractivity contribution in [1.82, 2.24) is 4.98 Å². The first-order valence-corrected chi connectivity index (χ1v) is 7.04. The third-order valence-corrected chi connectivity index (χ3v) is 3.25. The number of rotatable bonds is 6. The van der Waals surface area contributed by atoms with Gasteiger partial charge in [-0.25, -0.2) is 0 Å². The fraction of sp³-hybridized carbons (Fsp3) is 0.353. The summed E-state index contributed by atoms with van der Waals surface area (Å²) in [6.45, 7) is 4.26. The molecule has 0 aliphatic heterocycles. The summed E-state index contributed by atoms with van der Waals surface area (Å²) in [6, 6.07) is 11.2. The fourth-order valence-electron chi connectivity index (χ4n) is 2.07. The predicted octanol–water partition coefficient (Wildman–Crippen LogP) is 3.42. The first-order valence-electron chi connectivity index (χ1n) is 7.04. The van der Waals surface area contributed by atoms with Crippen LogP contribution < -0.4 is 9.47 Å². The number of methoxy groups -OCH3 is 1. The third kappa shape index (κ3) is 4.20. The summed E-state index contributed by atoms with van der Waals surface area (Å²) in [5.41, 5.74) is 2.62. The van der Waals surface area contributed by atoms with E-state index in [4.69, 9.17) is 9.47 Å². The lowest BCUT2D eigenvalue weighted by Gasteiger charge is -2.11. The fourth-order valence-corrected chi connectivity index (χ4v) is 2.07. The summed E-state index contributed by atoms with van der Waals surface area (Å²) in [5.74, 6) is 1.53. The van der Waals surface area contributed by atoms with Crippen LogP contribution in [0.4, 0.5) is 0 Å². The maximum Gasteiger partial charge on any atom is 0.130 e. The van der Waals surface area contributed by atoms with Crippen LogP contribution in [0.2, 0.25) is 0 Å². The number of ether oxygens (including phenoxy) is 2. The Kier molecular flexibility index (Phi) is 5.17. The summed E-state index contributed by atoms with van der Waals surface area (Å²) in [7, 11) is 1.64. The Morgan fingerprint density at radius 2 is 1.86 bits per heavy atom. The molecule has 0 amide bonds. The van der Waals surface area contributed by atoms with Gasteiger partial charge in [0.15, 0.2) is 0 Å². The maximum atomic E-state index is 9.75. The lowest BCUT2D eigenvalue weighted by atomic mass is 10.1. The quantitative estimate of drug-likeness (QED) is 0.884. The van der Waals surface area contributed by atoms with E-state index < -0.39 is 6.10 Å². The molecule has 2 aromatic rings. The van der Waals surface area contributed by atoms with Crippen LogP contribution >= 0.6 is 0 Å². The molecule has 21 heavy (non-hydrogen) atoms. The number of pyridine rings is 1. The van der Waals surface area contributed by atoms with Crippen LogP contribution in [0, 0.1) is 6.92 Å². The van der Waals surface area contributed by atoms with Crippen molar-refractivity contribution in [2.45, 2.75) is 33.0 Å². The van der Waals surface area contributed by atoms with Crippen molar-refractivity contribution in [2.24, 2.45) is 0 Å². The molecular formula is C17H21NO3. The highest BCUT2D eigenvalue weighted by Crippen LogP contribution is 2.21. The largest absolute Gasteiger partial charge is 0.497 e. The maximum absolute atomic E-state index is 9.75. The average molecular weight is 287 g/mol. The summed E-state index contributed by atoms with van der Waals surface area (Å²) >= 11 is 0. The normalized spacial score (nSPS) is 12.0. The molecule has 1 aromatic heterocycles. The number of aryl methyl sites for hydroxylation is 1. The number of nitrogens with zero attached hydrogens (tertiary/aromatic N) is 1. The van der Waals surface area contributed by atoms with E-state index in [-0.39, 0.29) is 0 Å². The summed E-state index contributed by atoms with van der Waals surface area (Å²) < 4.78 is 10.9. The van der Waals surface area contributed by atoms with Gasteiger partial charge in [-0.1, -0.05) is 19.1 Å². The van der Waals surface area contributed by atoms with E-state index in [1.807, 2.05) is 50.2 Å². The van der Waals surface area contributed by atoms with Crippen LogP contribution in [-0.4, -0.2) is 17.2 Å². The van der Waals surface area contributed by atoms with Gasteiger partial charge in [-0.2, -0.15) is 0 Å². The highest BCUT2D eigenvalue weighted by molar-refractivity contribution is 5.30. The molecule has 1 unspecified atom stereocenters. The van der Waals surface area contributed by atoms with Gasteiger partial charge in [0.2, 0.25) is 0 Å². The van der Waals surface area contributed by atoms with E-state index in [0.29, 0.717) is 13.0 Å². The van der Waals surface area contributed by atoms with Crippen LogP contribution in [0.15, 0.2) is 36.4 Å². The second-order valence-corrected chi connectivity index (χ2v) is 4.92. The van der Waals surface area contributed by atoms with Crippen molar-refractivity contribution in [1.29, 1.82) is 0 Å². The minimum Gasteiger partial charge on any atom is -0.497 e. The van der Waals surface area contributed by atoms with Crippen LogP contribution in [-0.2, 0) is 6.61 Å². The minimum atomic E-state index is -0.415. The van der Waals surface area contributed by atoms with Crippen LogP contribution in [0.3, 0.4) is 0 Å². The molecule has 112 valence electrons. The van der Waals surface area contributed by atoms with E-state index >= 15 is 0 Å². The molecule has 0 radical (unpaired) electrons. The average Bonchev–Trinajstić information content (AvgIpc) is 2.52. The SMILES string of the molecule is CCC(O)c1ccc(OCc2cc(OC)cc(C)n2)cc1. The predicted molar refractivity (Wildman–Crippen MR) is 81.6 cm³/mol. The van der Waals surface area contributed by atoms with Crippen molar-refractivity contribution in [3.8, 4) is 11.5 Å². The number of aromatic nitrogens is 1. The van der Waals surface area contributed by atoms with E-state index in [0.717, 1.165) is 28.5 Å². The molecule has 0 bridgehead atoms. The van der Waals surface area contributed by atoms with Crippen molar-refractivity contribution in [2.75, 3.05) is 7.11 Å². The Hall–Kier alpha value is -2.07. The van der Waals surface area contributed by atoms with Gasteiger partial charge in [0.25, 0.3) is 0 Å². The van der Waals surface area contributed by atoms with E-state index in [2.05, 4.69) is 4.98 Å². The zero-order valence-electron chi connectivity index (χ0n) is 12.7. The van der Waals surface area contributed by atoms with Crippen LogP contribution in [0.25, 0.3) is 0 Å². The molecule has 1 aromatic carbocycles. The van der Waals surface area contributed by atoms with Crippen molar-refractivity contribution >= 4 is 0 Å². The molecule has 1 atom stereocenters. The zero-order chi connectivity index (χ0) is 15.2. The molecule has 4 heteroatoms. The molecule has 0 saturated carbocycles. The Labute approximate surface area is 125 Å². The smallest absolute Gasteiger partial charge is 0.130 e. The molecule has 0 aliphatic carbocycles. The molecule has 0 spiro atoms. The molecule has 1 heterocycles. The Morgan fingerprint density at radius 3 is 2.48 bits per heavy atom. The Morgan fingerprint density at radius 1 is 1.14 bits per heavy atom. The van der Waals surface area contributed by atoms with Gasteiger partial charge in [-0.15, -0.1) is 0 Å². The van der Waals surface area contributed by atoms with Crippen LogP contribution in [0.5, 0.6) is 11.5 Å². The summed E-state index contributed by atoms with van der Waals surface area (Å²) in [6.07, 6.45) is 0.287. The molecule has 2 rings (SSSR count). The Bertz CT molecular complexity index is 581. The van der Waals surface area contributed by atoms with Gasteiger partial charge in [-0.05, 0) is 31.0 Å². The number of hydrogen-bond acceptors (Lipinski definition) is 4. The van der Waals surface area contributed by atoms with Crippen molar-refractivity contribution in [3.63, 3.8) is 0 Å². The van der Waals surface area contributed by atoms with Gasteiger partial charge in [0.1, 0.15) is 18.1 Å². The highest BCUT2D eigenvalue weighted by Gasteiger charge is 2.05. The monoisotopic (exact) mass is 287 g/mol. The minimum absolute atomic E-state index is 0.383. The van der Waals surface area contributed by atoms with Gasteiger partial charge in [0, 0.05) is 17.8 Å². The molecule has 0 fully saturated rings. The topological polar surface area (TPSA) is 51.6 Å². The molecule has 0 saturated heterocycles. The van der Waals surface area contributed by atoms with Crippen LogP contribution in [0.1, 0.15) is 36.4 Å². The van der Waals surface area contributed by atoms with E-state index in [9.17, 15) is 5.11 Å². The van der Waals surface area contributed by atoms with Gasteiger partial charge in [0.05, 0.1) is 18.9 Å². The van der Waals surface area contributed by atoms with E-state index in [1.165, 1.54) is 0 Å². The number of hydrogen-bond donors (Lipinski definition) is 1. The Balaban J connectivity index is 2.01. The molecular weight excluding hydrogens is 266 g/mol. The highest BCUT2D eigenvalue weighted by atomic mass is 16.5. The standard InChI is InChI=1S/C17H21NO3/c1-4-17(19)13-5-7-15(8-6-13)21-11-14-10-16(20-3)9-12(2)18-14/h5-10,17,19H,4,11H2,1-3H3. The second kappa shape index (κ2) is 7.09. The molecule has 4 nitrogen and oxygen atoms in total. The van der Waals surface area contributed by atoms with Crippen molar-refractivity contribution < 1.29 is 14.6 Å². The number of aliphatic hydroxyl groups excluding tert-OH is 1. The van der Waals surface area contributed by atoms with E-state index in [1.54, 1.807) is 7.11 Å². The van der Waals surface area contributed by atoms with Gasteiger partial charge < -0.3 is 14.6 Å². The molecule has 1 N–H and O–H groups in total. The summed E-state index contributed by atoms with van der Waals surface area (Å²) in [4.78, 5) is 4.41. The zero-order valence-corrected chi connectivity index (χ0v) is 12.7. The second-order valence-electron chi connectivity index (χ2n) is 4.92. The first-order chi connectivity index (χ1) is 10.1. The van der Waals surface area contributed by atoms with Gasteiger partial charge >= 0.3 is 0 Å². The summed E-state index contributed by atoms with van der Waals surface area (Å²) in [5, 5.41) is 9.75. The van der Waals surface area contributed by atoms with Crippen molar-refractivity contribution in [3.05, 3.63) is 53.3 Å². The lowest BCUT2D eigenvalue weighted by Crippen LogP contribution is -2.01. The first kappa shape index (κ1) is 15.3. The number of aliphatic hydroxyl groups is 1. The third-order valence-electron chi connectivity index (χ3n) is 3.25. The van der Waals surface area contributed by atoms with Gasteiger partial charge in [-0.3, -0.25) is 4.98 Å². The number of benzene rings is 1. The molecule has 0 aliphatic rings.